The number of hydrogen-bond acceptors (Lipinski definition) is 6. The quantitative estimate of drug-likeness (QED) is 0.577. The van der Waals surface area contributed by atoms with Crippen molar-refractivity contribution < 1.29 is 24.1 Å². The van der Waals surface area contributed by atoms with Gasteiger partial charge < -0.3 is 19.3 Å². The smallest absolute Gasteiger partial charge is 0.321 e. The molecule has 168 valence electrons. The zero-order valence-corrected chi connectivity index (χ0v) is 19.5. The molecule has 3 rings (SSSR count). The average molecular weight is 446 g/mol. The van der Waals surface area contributed by atoms with E-state index >= 15 is 0 Å². The first-order chi connectivity index (χ1) is 14.7. The topological polar surface area (TPSA) is 77.0 Å². The second-order valence-corrected chi connectivity index (χ2v) is 9.69. The van der Waals surface area contributed by atoms with E-state index in [-0.39, 0.29) is 10.8 Å². The summed E-state index contributed by atoms with van der Waals surface area (Å²) in [5.41, 5.74) is 3.11. The molecule has 0 spiro atoms. The number of carbonyl (C=O) groups is 1. The van der Waals surface area contributed by atoms with Gasteiger partial charge in [-0.25, -0.2) is 0 Å². The number of aryl methyl sites for hydroxylation is 1. The third-order valence-corrected chi connectivity index (χ3v) is 6.44. The molecule has 1 fully saturated rings. The predicted molar refractivity (Wildman–Crippen MR) is 124 cm³/mol. The zero-order valence-electron chi connectivity index (χ0n) is 18.7. The summed E-state index contributed by atoms with van der Waals surface area (Å²) in [6, 6.07) is 11.3. The standard InChI is InChI=1S/C24H31NO5S/c1-15-8-6-10-17(24(2,3)4)20(15)29-12-13-30-21-16(9-7-11-19(21)28-5)22-25-18(14-31-22)23(26)27/h6-11,18,22,25H,12-14H2,1-5H3,(H,26,27). The van der Waals surface area contributed by atoms with Crippen LogP contribution in [-0.4, -0.2) is 43.2 Å². The fourth-order valence-corrected chi connectivity index (χ4v) is 4.82. The Morgan fingerprint density at radius 2 is 1.81 bits per heavy atom. The second kappa shape index (κ2) is 9.83. The van der Waals surface area contributed by atoms with Crippen LogP contribution in [0.1, 0.15) is 42.8 Å². The van der Waals surface area contributed by atoms with Gasteiger partial charge >= 0.3 is 5.97 Å². The van der Waals surface area contributed by atoms with Crippen LogP contribution in [0.2, 0.25) is 0 Å². The number of aliphatic carboxylic acids is 1. The molecule has 2 atom stereocenters. The van der Waals surface area contributed by atoms with Crippen LogP contribution >= 0.6 is 11.8 Å². The van der Waals surface area contributed by atoms with Gasteiger partial charge in [0, 0.05) is 11.3 Å². The maximum Gasteiger partial charge on any atom is 0.321 e. The van der Waals surface area contributed by atoms with Crippen LogP contribution in [0.25, 0.3) is 0 Å². The SMILES string of the molecule is COc1cccc(C2NC(C(=O)O)CS2)c1OCCOc1c(C)cccc1C(C)(C)C. The first-order valence-corrected chi connectivity index (χ1v) is 11.4. The lowest BCUT2D eigenvalue weighted by Gasteiger charge is -2.24. The predicted octanol–water partition coefficient (Wildman–Crippen LogP) is 4.55. The molecule has 2 N–H and O–H groups in total. The first-order valence-electron chi connectivity index (χ1n) is 10.4. The number of carboxylic acid groups (broad SMARTS) is 1. The minimum Gasteiger partial charge on any atom is -0.493 e. The highest BCUT2D eigenvalue weighted by atomic mass is 32.2. The summed E-state index contributed by atoms with van der Waals surface area (Å²) in [5, 5.41) is 12.3. The lowest BCUT2D eigenvalue weighted by atomic mass is 9.85. The molecule has 0 aromatic heterocycles. The van der Waals surface area contributed by atoms with Crippen molar-refractivity contribution in [2.75, 3.05) is 26.1 Å². The van der Waals surface area contributed by atoms with Gasteiger partial charge in [0.1, 0.15) is 25.0 Å². The fraction of sp³-hybridized carbons (Fsp3) is 0.458. The van der Waals surface area contributed by atoms with Crippen molar-refractivity contribution in [3.63, 3.8) is 0 Å². The van der Waals surface area contributed by atoms with Gasteiger partial charge in [-0.05, 0) is 29.5 Å². The minimum atomic E-state index is -0.846. The molecule has 0 amide bonds. The molecule has 2 aromatic carbocycles. The number of thioether (sulfide) groups is 1. The van der Waals surface area contributed by atoms with Crippen molar-refractivity contribution in [3.05, 3.63) is 53.1 Å². The Hall–Kier alpha value is -2.38. The van der Waals surface area contributed by atoms with E-state index in [2.05, 4.69) is 38.2 Å². The van der Waals surface area contributed by atoms with E-state index in [1.807, 2.05) is 31.2 Å². The van der Waals surface area contributed by atoms with Gasteiger partial charge in [-0.2, -0.15) is 0 Å². The van der Waals surface area contributed by atoms with Crippen molar-refractivity contribution >= 4 is 17.7 Å². The lowest BCUT2D eigenvalue weighted by Crippen LogP contribution is -2.33. The van der Waals surface area contributed by atoms with Crippen LogP contribution in [0.15, 0.2) is 36.4 Å². The Labute approximate surface area is 188 Å². The van der Waals surface area contributed by atoms with Gasteiger partial charge in [-0.15, -0.1) is 11.8 Å². The number of carboxylic acids is 1. The maximum atomic E-state index is 11.3. The zero-order chi connectivity index (χ0) is 22.6. The van der Waals surface area contributed by atoms with E-state index in [0.29, 0.717) is 30.5 Å². The van der Waals surface area contributed by atoms with Crippen molar-refractivity contribution in [2.24, 2.45) is 0 Å². The summed E-state index contributed by atoms with van der Waals surface area (Å²) >= 11 is 1.55. The number of methoxy groups -OCH3 is 1. The Bertz CT molecular complexity index is 925. The third-order valence-electron chi connectivity index (χ3n) is 5.19. The third kappa shape index (κ3) is 5.46. The minimum absolute atomic E-state index is 0.0237. The number of benzene rings is 2. The molecule has 0 radical (unpaired) electrons. The highest BCUT2D eigenvalue weighted by Crippen LogP contribution is 2.42. The normalized spacial score (nSPS) is 18.6. The number of rotatable bonds is 8. The van der Waals surface area contributed by atoms with Crippen LogP contribution in [0.5, 0.6) is 17.2 Å². The second-order valence-electron chi connectivity index (χ2n) is 8.55. The first kappa shape index (κ1) is 23.3. The number of hydrogen-bond donors (Lipinski definition) is 2. The van der Waals surface area contributed by atoms with Crippen LogP contribution < -0.4 is 19.5 Å². The molecule has 1 saturated heterocycles. The van der Waals surface area contributed by atoms with Gasteiger partial charge in [0.25, 0.3) is 0 Å². The van der Waals surface area contributed by atoms with E-state index in [0.717, 1.165) is 22.4 Å². The maximum absolute atomic E-state index is 11.3. The van der Waals surface area contributed by atoms with Crippen LogP contribution in [0, 0.1) is 6.92 Å². The Morgan fingerprint density at radius 1 is 1.13 bits per heavy atom. The molecule has 1 aliphatic heterocycles. The van der Waals surface area contributed by atoms with E-state index in [9.17, 15) is 9.90 Å². The Balaban J connectivity index is 1.71. The van der Waals surface area contributed by atoms with E-state index in [4.69, 9.17) is 14.2 Å². The molecule has 0 bridgehead atoms. The molecule has 0 aliphatic carbocycles. The lowest BCUT2D eigenvalue weighted by molar-refractivity contribution is -0.138. The summed E-state index contributed by atoms with van der Waals surface area (Å²) < 4.78 is 17.7. The summed E-state index contributed by atoms with van der Waals surface area (Å²) in [6.07, 6.45) is 0. The molecular formula is C24H31NO5S. The molecule has 1 heterocycles. The highest BCUT2D eigenvalue weighted by Gasteiger charge is 2.32. The van der Waals surface area contributed by atoms with Crippen LogP contribution in [0.3, 0.4) is 0 Å². The molecule has 31 heavy (non-hydrogen) atoms. The largest absolute Gasteiger partial charge is 0.493 e. The van der Waals surface area contributed by atoms with Gasteiger partial charge in [-0.3, -0.25) is 10.1 Å². The summed E-state index contributed by atoms with van der Waals surface area (Å²) in [5.74, 6) is 1.79. The highest BCUT2D eigenvalue weighted by molar-refractivity contribution is 7.99. The van der Waals surface area contributed by atoms with Gasteiger partial charge in [0.05, 0.1) is 12.5 Å². The fourth-order valence-electron chi connectivity index (χ4n) is 3.57. The summed E-state index contributed by atoms with van der Waals surface area (Å²) in [7, 11) is 1.60. The van der Waals surface area contributed by atoms with Crippen molar-refractivity contribution in [2.45, 2.75) is 44.5 Å². The number of ether oxygens (including phenoxy) is 3. The van der Waals surface area contributed by atoms with Gasteiger partial charge in [-0.1, -0.05) is 51.1 Å². The van der Waals surface area contributed by atoms with Crippen molar-refractivity contribution in [1.82, 2.24) is 5.32 Å². The van der Waals surface area contributed by atoms with Crippen LogP contribution in [-0.2, 0) is 10.2 Å². The van der Waals surface area contributed by atoms with Crippen molar-refractivity contribution in [1.29, 1.82) is 0 Å². The molecule has 2 unspecified atom stereocenters. The van der Waals surface area contributed by atoms with E-state index in [1.54, 1.807) is 18.9 Å². The summed E-state index contributed by atoms with van der Waals surface area (Å²) in [4.78, 5) is 11.3. The monoisotopic (exact) mass is 445 g/mol. The van der Waals surface area contributed by atoms with Gasteiger partial charge in [0.15, 0.2) is 11.5 Å². The number of para-hydroxylation sites is 2. The molecule has 2 aromatic rings. The number of nitrogens with one attached hydrogen (secondary N) is 1. The molecule has 7 heteroatoms. The molecule has 6 nitrogen and oxygen atoms in total. The Morgan fingerprint density at radius 3 is 2.42 bits per heavy atom. The van der Waals surface area contributed by atoms with Crippen molar-refractivity contribution in [3.8, 4) is 17.2 Å². The van der Waals surface area contributed by atoms with E-state index in [1.165, 1.54) is 0 Å². The van der Waals surface area contributed by atoms with E-state index < -0.39 is 12.0 Å². The van der Waals surface area contributed by atoms with Gasteiger partial charge in [0.2, 0.25) is 0 Å². The molecule has 0 saturated carbocycles. The average Bonchev–Trinajstić information content (AvgIpc) is 3.21. The van der Waals surface area contributed by atoms with Crippen LogP contribution in [0.4, 0.5) is 0 Å². The molecule has 1 aliphatic rings. The molecular weight excluding hydrogens is 414 g/mol. The Kier molecular flexibility index (Phi) is 7.38. The summed E-state index contributed by atoms with van der Waals surface area (Å²) in [6.45, 7) is 9.28.